The molecule has 1 aromatic rings. The van der Waals surface area contributed by atoms with Crippen LogP contribution in [0.3, 0.4) is 0 Å². The van der Waals surface area contributed by atoms with Gasteiger partial charge in [-0.25, -0.2) is 13.1 Å². The summed E-state index contributed by atoms with van der Waals surface area (Å²) in [6.07, 6.45) is 6.80. The molecule has 1 saturated heterocycles. The first kappa shape index (κ1) is 19.9. The number of sulfonamides is 1. The zero-order valence-corrected chi connectivity index (χ0v) is 17.2. The van der Waals surface area contributed by atoms with Crippen molar-refractivity contribution in [3.8, 4) is 0 Å². The van der Waals surface area contributed by atoms with Crippen LogP contribution < -0.4 is 4.72 Å². The van der Waals surface area contributed by atoms with E-state index in [2.05, 4.69) is 29.0 Å². The summed E-state index contributed by atoms with van der Waals surface area (Å²) in [6.45, 7) is 1.10. The lowest BCUT2D eigenvalue weighted by Gasteiger charge is -2.43. The molecule has 154 valence electrons. The lowest BCUT2D eigenvalue weighted by Crippen LogP contribution is -2.59. The van der Waals surface area contributed by atoms with Crippen molar-refractivity contribution in [2.24, 2.45) is 5.92 Å². The third-order valence-corrected chi connectivity index (χ3v) is 6.95. The number of likely N-dealkylation sites (tertiary alicyclic amines) is 1. The average molecular weight is 407 g/mol. The second kappa shape index (κ2) is 8.13. The van der Waals surface area contributed by atoms with Crippen molar-refractivity contribution in [1.82, 2.24) is 9.62 Å². The van der Waals surface area contributed by atoms with Crippen molar-refractivity contribution in [3.05, 3.63) is 35.9 Å². The molecule has 0 radical (unpaired) electrons. The molecular weight excluding hydrogens is 376 g/mol. The summed E-state index contributed by atoms with van der Waals surface area (Å²) in [7, 11) is -3.33. The first-order valence-electron chi connectivity index (χ1n) is 10.3. The van der Waals surface area contributed by atoms with Crippen LogP contribution in [0, 0.1) is 5.92 Å². The number of nitrogens with zero attached hydrogens (tertiary/aromatic N) is 1. The molecule has 2 atom stereocenters. The van der Waals surface area contributed by atoms with E-state index in [9.17, 15) is 13.2 Å². The molecule has 0 aromatic heterocycles. The van der Waals surface area contributed by atoms with E-state index >= 15 is 0 Å². The van der Waals surface area contributed by atoms with E-state index in [1.807, 2.05) is 11.0 Å². The number of piperidine rings is 1. The molecule has 3 aliphatic rings. The number of amides is 1. The van der Waals surface area contributed by atoms with Crippen molar-refractivity contribution in [2.45, 2.75) is 62.6 Å². The molecular formula is C21H30N2O4S. The minimum absolute atomic E-state index is 0.130. The number of benzene rings is 1. The smallest absolute Gasteiger partial charge is 0.226 e. The van der Waals surface area contributed by atoms with E-state index in [1.165, 1.54) is 11.8 Å². The van der Waals surface area contributed by atoms with Crippen LogP contribution in [-0.2, 0) is 19.6 Å². The molecule has 7 heteroatoms. The molecule has 3 fully saturated rings. The summed E-state index contributed by atoms with van der Waals surface area (Å²) >= 11 is 0. The largest absolute Gasteiger partial charge is 0.376 e. The van der Waals surface area contributed by atoms with Gasteiger partial charge in [0, 0.05) is 18.5 Å². The molecule has 0 spiro atoms. The molecule has 1 aliphatic heterocycles. The second-order valence-corrected chi connectivity index (χ2v) is 10.3. The molecule has 1 aromatic carbocycles. The normalized spacial score (nSPS) is 30.7. The Morgan fingerprint density at radius 1 is 1.18 bits per heavy atom. The SMILES string of the molecule is CS(=O)(=O)N[C@H]1CCCN(C(=O)C2CC2)[C@H]1CO[C@H]1C[C@@H](c2ccccc2)C1. The summed E-state index contributed by atoms with van der Waals surface area (Å²) in [5, 5.41) is 0. The zero-order valence-electron chi connectivity index (χ0n) is 16.4. The van der Waals surface area contributed by atoms with Gasteiger partial charge < -0.3 is 9.64 Å². The Morgan fingerprint density at radius 2 is 1.89 bits per heavy atom. The number of rotatable bonds is 7. The third kappa shape index (κ3) is 4.75. The maximum Gasteiger partial charge on any atom is 0.226 e. The number of carbonyl (C=O) groups is 1. The first-order chi connectivity index (χ1) is 13.4. The highest BCUT2D eigenvalue weighted by molar-refractivity contribution is 7.88. The van der Waals surface area contributed by atoms with E-state index in [0.29, 0.717) is 19.1 Å². The van der Waals surface area contributed by atoms with Gasteiger partial charge in [-0.1, -0.05) is 30.3 Å². The number of hydrogen-bond donors (Lipinski definition) is 1. The molecule has 0 unspecified atom stereocenters. The van der Waals surface area contributed by atoms with Crippen molar-refractivity contribution in [2.75, 3.05) is 19.4 Å². The van der Waals surface area contributed by atoms with Crippen molar-refractivity contribution >= 4 is 15.9 Å². The highest BCUT2D eigenvalue weighted by Crippen LogP contribution is 2.39. The zero-order chi connectivity index (χ0) is 19.7. The third-order valence-electron chi connectivity index (χ3n) is 6.22. The molecule has 0 bridgehead atoms. The van der Waals surface area contributed by atoms with Gasteiger partial charge in [-0.3, -0.25) is 4.79 Å². The van der Waals surface area contributed by atoms with Gasteiger partial charge in [0.2, 0.25) is 15.9 Å². The van der Waals surface area contributed by atoms with Gasteiger partial charge in [0.15, 0.2) is 0 Å². The van der Waals surface area contributed by atoms with Gasteiger partial charge in [-0.05, 0) is 50.0 Å². The second-order valence-electron chi connectivity index (χ2n) is 8.55. The van der Waals surface area contributed by atoms with E-state index in [1.54, 1.807) is 0 Å². The van der Waals surface area contributed by atoms with Gasteiger partial charge in [0.05, 0.1) is 25.0 Å². The van der Waals surface area contributed by atoms with Crippen LogP contribution in [0.2, 0.25) is 0 Å². The number of hydrogen-bond acceptors (Lipinski definition) is 4. The molecule has 1 amide bonds. The van der Waals surface area contributed by atoms with Crippen LogP contribution in [0.1, 0.15) is 50.0 Å². The van der Waals surface area contributed by atoms with E-state index in [4.69, 9.17) is 4.74 Å². The monoisotopic (exact) mass is 406 g/mol. The summed E-state index contributed by atoms with van der Waals surface area (Å²) in [6, 6.07) is 9.99. The summed E-state index contributed by atoms with van der Waals surface area (Å²) in [5.41, 5.74) is 1.35. The average Bonchev–Trinajstić information content (AvgIpc) is 3.45. The lowest BCUT2D eigenvalue weighted by atomic mass is 9.77. The summed E-state index contributed by atoms with van der Waals surface area (Å²) in [5.74, 6) is 0.835. The molecule has 1 N–H and O–H groups in total. The molecule has 1 heterocycles. The molecule has 4 rings (SSSR count). The predicted octanol–water partition coefficient (Wildman–Crippen LogP) is 2.27. The maximum atomic E-state index is 12.7. The van der Waals surface area contributed by atoms with Crippen LogP contribution >= 0.6 is 0 Å². The van der Waals surface area contributed by atoms with Gasteiger partial charge in [-0.2, -0.15) is 0 Å². The van der Waals surface area contributed by atoms with Gasteiger partial charge in [-0.15, -0.1) is 0 Å². The van der Waals surface area contributed by atoms with Gasteiger partial charge in [0.1, 0.15) is 0 Å². The summed E-state index contributed by atoms with van der Waals surface area (Å²) in [4.78, 5) is 14.6. The first-order valence-corrected chi connectivity index (χ1v) is 12.2. The Bertz CT molecular complexity index is 788. The fourth-order valence-electron chi connectivity index (χ4n) is 4.45. The fourth-order valence-corrected chi connectivity index (χ4v) is 5.27. The highest BCUT2D eigenvalue weighted by Gasteiger charge is 2.42. The maximum absolute atomic E-state index is 12.7. The standard InChI is InChI=1S/C21H30N2O4S/c1-28(25,26)22-19-8-5-11-23(21(24)16-9-10-16)20(19)14-27-18-12-17(13-18)15-6-3-2-4-7-15/h2-4,6-7,16-20,22H,5,8-14H2,1H3/t17-,18+,19-,20-/m0/s1. The lowest BCUT2D eigenvalue weighted by molar-refractivity contribution is -0.140. The quantitative estimate of drug-likeness (QED) is 0.754. The fraction of sp³-hybridized carbons (Fsp3) is 0.667. The number of nitrogens with one attached hydrogen (secondary N) is 1. The Morgan fingerprint density at radius 3 is 2.54 bits per heavy atom. The van der Waals surface area contributed by atoms with E-state index in [0.717, 1.165) is 38.5 Å². The Kier molecular flexibility index (Phi) is 5.76. The van der Waals surface area contributed by atoms with Crippen molar-refractivity contribution in [1.29, 1.82) is 0 Å². The molecule has 2 saturated carbocycles. The van der Waals surface area contributed by atoms with Gasteiger partial charge >= 0.3 is 0 Å². The molecule has 6 nitrogen and oxygen atoms in total. The number of carbonyl (C=O) groups excluding carboxylic acids is 1. The Balaban J connectivity index is 1.37. The minimum Gasteiger partial charge on any atom is -0.376 e. The Labute approximate surface area is 167 Å². The predicted molar refractivity (Wildman–Crippen MR) is 107 cm³/mol. The number of ether oxygens (including phenoxy) is 1. The minimum atomic E-state index is -3.33. The molecule has 28 heavy (non-hydrogen) atoms. The topological polar surface area (TPSA) is 75.7 Å². The van der Waals surface area contributed by atoms with E-state index < -0.39 is 10.0 Å². The van der Waals surface area contributed by atoms with Gasteiger partial charge in [0.25, 0.3) is 0 Å². The van der Waals surface area contributed by atoms with Crippen molar-refractivity contribution in [3.63, 3.8) is 0 Å². The van der Waals surface area contributed by atoms with Crippen LogP contribution in [-0.4, -0.2) is 56.8 Å². The Hall–Kier alpha value is -1.44. The molecule has 2 aliphatic carbocycles. The van der Waals surface area contributed by atoms with E-state index in [-0.39, 0.29) is 30.0 Å². The highest BCUT2D eigenvalue weighted by atomic mass is 32.2. The van der Waals surface area contributed by atoms with Crippen molar-refractivity contribution < 1.29 is 17.9 Å². The summed E-state index contributed by atoms with van der Waals surface area (Å²) < 4.78 is 32.5. The van der Waals surface area contributed by atoms with Crippen LogP contribution in [0.5, 0.6) is 0 Å². The van der Waals surface area contributed by atoms with Crippen LogP contribution in [0.15, 0.2) is 30.3 Å². The van der Waals surface area contributed by atoms with Crippen LogP contribution in [0.4, 0.5) is 0 Å². The van der Waals surface area contributed by atoms with Crippen LogP contribution in [0.25, 0.3) is 0 Å².